The van der Waals surface area contributed by atoms with Gasteiger partial charge < -0.3 is 20.5 Å². The summed E-state index contributed by atoms with van der Waals surface area (Å²) in [5.74, 6) is -2.02. The number of hydrogen-bond donors (Lipinski definition) is 3. The van der Waals surface area contributed by atoms with Crippen LogP contribution in [0.4, 0.5) is 14.9 Å². The summed E-state index contributed by atoms with van der Waals surface area (Å²) in [5, 5.41) is 13.9. The van der Waals surface area contributed by atoms with Crippen molar-refractivity contribution in [3.05, 3.63) is 29.6 Å². The number of urea groups is 1. The van der Waals surface area contributed by atoms with Crippen molar-refractivity contribution in [2.24, 2.45) is 0 Å². The van der Waals surface area contributed by atoms with Crippen LogP contribution < -0.4 is 10.6 Å². The largest absolute Gasteiger partial charge is 0.478 e. The van der Waals surface area contributed by atoms with Gasteiger partial charge in [0.2, 0.25) is 0 Å². The van der Waals surface area contributed by atoms with Crippen molar-refractivity contribution in [2.45, 2.75) is 25.3 Å². The average Bonchev–Trinajstić information content (AvgIpc) is 2.41. The first-order valence-corrected chi connectivity index (χ1v) is 6.59. The van der Waals surface area contributed by atoms with Gasteiger partial charge in [-0.25, -0.2) is 14.0 Å². The second kappa shape index (κ2) is 6.09. The van der Waals surface area contributed by atoms with Crippen LogP contribution >= 0.6 is 0 Å². The van der Waals surface area contributed by atoms with Crippen LogP contribution in [-0.2, 0) is 4.74 Å². The number of benzene rings is 1. The third kappa shape index (κ3) is 3.91. The predicted octanol–water partition coefficient (Wildman–Crippen LogP) is 2.21. The third-order valence-corrected chi connectivity index (χ3v) is 3.32. The number of anilines is 1. The van der Waals surface area contributed by atoms with E-state index in [9.17, 15) is 14.0 Å². The lowest BCUT2D eigenvalue weighted by molar-refractivity contribution is 0.0342. The number of carboxylic acids is 1. The summed E-state index contributed by atoms with van der Waals surface area (Å²) in [6.45, 7) is 2.93. The molecule has 1 atom stereocenters. The fourth-order valence-electron chi connectivity index (χ4n) is 2.21. The van der Waals surface area contributed by atoms with E-state index in [1.54, 1.807) is 0 Å². The van der Waals surface area contributed by atoms with Crippen molar-refractivity contribution >= 4 is 17.7 Å². The van der Waals surface area contributed by atoms with E-state index < -0.39 is 23.4 Å². The molecule has 0 aromatic heterocycles. The Morgan fingerprint density at radius 1 is 1.43 bits per heavy atom. The van der Waals surface area contributed by atoms with Gasteiger partial charge >= 0.3 is 12.0 Å². The minimum Gasteiger partial charge on any atom is -0.478 e. The molecule has 1 aromatic carbocycles. The first-order chi connectivity index (χ1) is 9.89. The van der Waals surface area contributed by atoms with E-state index in [-0.39, 0.29) is 11.3 Å². The molecule has 0 aliphatic carbocycles. The Bertz CT molecular complexity index is 556. The molecule has 1 aromatic rings. The zero-order valence-electron chi connectivity index (χ0n) is 11.6. The first-order valence-electron chi connectivity index (χ1n) is 6.59. The minimum absolute atomic E-state index is 0.0715. The number of aromatic carboxylic acids is 1. The number of amides is 2. The van der Waals surface area contributed by atoms with Gasteiger partial charge in [-0.05, 0) is 38.0 Å². The SMILES string of the molecule is CC1(NC(=O)Nc2ccc(C(=O)O)cc2F)CCCOC1. The van der Waals surface area contributed by atoms with Crippen molar-refractivity contribution < 1.29 is 23.8 Å². The molecule has 2 amide bonds. The summed E-state index contributed by atoms with van der Waals surface area (Å²) in [7, 11) is 0. The van der Waals surface area contributed by atoms with Crippen LogP contribution in [0.1, 0.15) is 30.1 Å². The fraction of sp³-hybridized carbons (Fsp3) is 0.429. The number of nitrogens with one attached hydrogen (secondary N) is 2. The maximum Gasteiger partial charge on any atom is 0.335 e. The molecule has 1 unspecified atom stereocenters. The molecule has 0 bridgehead atoms. The number of hydrogen-bond acceptors (Lipinski definition) is 3. The van der Waals surface area contributed by atoms with Crippen molar-refractivity contribution in [1.82, 2.24) is 5.32 Å². The number of ether oxygens (including phenoxy) is 1. The second-order valence-corrected chi connectivity index (χ2v) is 5.30. The molecule has 0 spiro atoms. The topological polar surface area (TPSA) is 87.7 Å². The summed E-state index contributed by atoms with van der Waals surface area (Å²) >= 11 is 0. The predicted molar refractivity (Wildman–Crippen MR) is 74.0 cm³/mol. The van der Waals surface area contributed by atoms with Gasteiger partial charge in [0.25, 0.3) is 0 Å². The van der Waals surface area contributed by atoms with E-state index in [1.807, 2.05) is 6.92 Å². The number of halogens is 1. The molecule has 1 heterocycles. The molecule has 3 N–H and O–H groups in total. The Hall–Kier alpha value is -2.15. The summed E-state index contributed by atoms with van der Waals surface area (Å²) in [6, 6.07) is 2.76. The quantitative estimate of drug-likeness (QED) is 0.798. The van der Waals surface area contributed by atoms with E-state index >= 15 is 0 Å². The Kier molecular flexibility index (Phi) is 4.42. The van der Waals surface area contributed by atoms with E-state index in [0.29, 0.717) is 13.2 Å². The highest BCUT2D eigenvalue weighted by atomic mass is 19.1. The molecule has 21 heavy (non-hydrogen) atoms. The Balaban J connectivity index is 2.01. The normalized spacial score (nSPS) is 21.6. The first kappa shape index (κ1) is 15.2. The molecular weight excluding hydrogens is 279 g/mol. The van der Waals surface area contributed by atoms with Crippen LogP contribution in [0.25, 0.3) is 0 Å². The van der Waals surface area contributed by atoms with Crippen molar-refractivity contribution in [3.63, 3.8) is 0 Å². The van der Waals surface area contributed by atoms with Crippen molar-refractivity contribution in [3.8, 4) is 0 Å². The molecule has 114 valence electrons. The molecule has 1 fully saturated rings. The summed E-state index contributed by atoms with van der Waals surface area (Å²) in [4.78, 5) is 22.6. The number of carbonyl (C=O) groups is 2. The average molecular weight is 296 g/mol. The van der Waals surface area contributed by atoms with Gasteiger partial charge in [0.15, 0.2) is 0 Å². The molecule has 1 aliphatic rings. The highest BCUT2D eigenvalue weighted by molar-refractivity contribution is 5.92. The van der Waals surface area contributed by atoms with Gasteiger partial charge in [0.1, 0.15) is 5.82 Å². The maximum absolute atomic E-state index is 13.7. The van der Waals surface area contributed by atoms with Gasteiger partial charge in [-0.2, -0.15) is 0 Å². The number of rotatable bonds is 3. The Labute approximate surface area is 121 Å². The lowest BCUT2D eigenvalue weighted by Gasteiger charge is -2.34. The zero-order chi connectivity index (χ0) is 15.5. The molecular formula is C14H17FN2O4. The molecule has 0 saturated carbocycles. The second-order valence-electron chi connectivity index (χ2n) is 5.30. The van der Waals surface area contributed by atoms with Gasteiger partial charge in [0, 0.05) is 6.61 Å². The summed E-state index contributed by atoms with van der Waals surface area (Å²) < 4.78 is 19.0. The Morgan fingerprint density at radius 3 is 2.76 bits per heavy atom. The molecule has 1 saturated heterocycles. The van der Waals surface area contributed by atoms with Crippen LogP contribution in [0.2, 0.25) is 0 Å². The van der Waals surface area contributed by atoms with Gasteiger partial charge in [-0.3, -0.25) is 0 Å². The van der Waals surface area contributed by atoms with Crippen LogP contribution in [0, 0.1) is 5.82 Å². The van der Waals surface area contributed by atoms with Crippen LogP contribution in [0.3, 0.4) is 0 Å². The zero-order valence-corrected chi connectivity index (χ0v) is 11.6. The maximum atomic E-state index is 13.7. The molecule has 7 heteroatoms. The van der Waals surface area contributed by atoms with Crippen molar-refractivity contribution in [1.29, 1.82) is 0 Å². The molecule has 0 radical (unpaired) electrons. The standard InChI is InChI=1S/C14H17FN2O4/c1-14(5-2-6-21-8-14)17-13(20)16-11-4-3-9(12(18)19)7-10(11)15/h3-4,7H,2,5-6,8H2,1H3,(H,18,19)(H2,16,17,20). The summed E-state index contributed by atoms with van der Waals surface area (Å²) in [5.41, 5.74) is -0.733. The van der Waals surface area contributed by atoms with E-state index in [4.69, 9.17) is 9.84 Å². The third-order valence-electron chi connectivity index (χ3n) is 3.32. The monoisotopic (exact) mass is 296 g/mol. The van der Waals surface area contributed by atoms with Gasteiger partial charge in [-0.15, -0.1) is 0 Å². The van der Waals surface area contributed by atoms with E-state index in [2.05, 4.69) is 10.6 Å². The van der Waals surface area contributed by atoms with E-state index in [1.165, 1.54) is 12.1 Å². The minimum atomic E-state index is -1.23. The molecule has 2 rings (SSSR count). The molecule has 6 nitrogen and oxygen atoms in total. The van der Waals surface area contributed by atoms with Gasteiger partial charge in [0.05, 0.1) is 23.4 Å². The lowest BCUT2D eigenvalue weighted by Crippen LogP contribution is -2.52. The lowest BCUT2D eigenvalue weighted by atomic mass is 9.95. The van der Waals surface area contributed by atoms with Crippen LogP contribution in [-0.4, -0.2) is 35.9 Å². The van der Waals surface area contributed by atoms with Crippen LogP contribution in [0.5, 0.6) is 0 Å². The highest BCUT2D eigenvalue weighted by Gasteiger charge is 2.29. The van der Waals surface area contributed by atoms with Crippen LogP contribution in [0.15, 0.2) is 18.2 Å². The molecule has 1 aliphatic heterocycles. The number of carbonyl (C=O) groups excluding carboxylic acids is 1. The smallest absolute Gasteiger partial charge is 0.335 e. The van der Waals surface area contributed by atoms with Gasteiger partial charge in [-0.1, -0.05) is 0 Å². The Morgan fingerprint density at radius 2 is 2.19 bits per heavy atom. The van der Waals surface area contributed by atoms with Crippen molar-refractivity contribution in [2.75, 3.05) is 18.5 Å². The number of carboxylic acid groups (broad SMARTS) is 1. The highest BCUT2D eigenvalue weighted by Crippen LogP contribution is 2.19. The summed E-state index contributed by atoms with van der Waals surface area (Å²) in [6.07, 6.45) is 1.62. The van der Waals surface area contributed by atoms with E-state index in [0.717, 1.165) is 18.9 Å². The fourth-order valence-corrected chi connectivity index (χ4v) is 2.21.